The monoisotopic (exact) mass is 378 g/mol. The lowest BCUT2D eigenvalue weighted by atomic mass is 10.2. The Balaban J connectivity index is 1.80. The van der Waals surface area contributed by atoms with Crippen molar-refractivity contribution in [1.29, 1.82) is 0 Å². The molecule has 1 aromatic carbocycles. The van der Waals surface area contributed by atoms with E-state index in [-0.39, 0.29) is 0 Å². The lowest BCUT2D eigenvalue weighted by molar-refractivity contribution is 0.0702. The number of ether oxygens (including phenoxy) is 3. The molecule has 1 aliphatic heterocycles. The second kappa shape index (κ2) is 12.4. The summed E-state index contributed by atoms with van der Waals surface area (Å²) >= 11 is 0. The van der Waals surface area contributed by atoms with E-state index >= 15 is 0 Å². The predicted octanol–water partition coefficient (Wildman–Crippen LogP) is 1.84. The number of nitrogens with one attached hydrogen (secondary N) is 1. The van der Waals surface area contributed by atoms with Gasteiger partial charge in [0.2, 0.25) is 0 Å². The van der Waals surface area contributed by atoms with Crippen LogP contribution >= 0.6 is 0 Å². The SMILES string of the molecule is CCNC(=NCCCOCCOC)N1CCN(c2cccc(OC)c2)CC1. The molecule has 0 aliphatic carbocycles. The zero-order chi connectivity index (χ0) is 19.3. The number of rotatable bonds is 10. The van der Waals surface area contributed by atoms with E-state index in [2.05, 4.69) is 34.2 Å². The summed E-state index contributed by atoms with van der Waals surface area (Å²) in [5, 5.41) is 3.41. The van der Waals surface area contributed by atoms with E-state index in [9.17, 15) is 0 Å². The lowest BCUT2D eigenvalue weighted by Gasteiger charge is -2.37. The summed E-state index contributed by atoms with van der Waals surface area (Å²) < 4.78 is 15.8. The van der Waals surface area contributed by atoms with Crippen LogP contribution < -0.4 is 15.0 Å². The van der Waals surface area contributed by atoms with E-state index in [0.717, 1.165) is 64.0 Å². The lowest BCUT2D eigenvalue weighted by Crippen LogP contribution is -2.52. The molecule has 0 aromatic heterocycles. The van der Waals surface area contributed by atoms with E-state index in [0.29, 0.717) is 13.2 Å². The molecule has 0 spiro atoms. The van der Waals surface area contributed by atoms with Crippen LogP contribution in [0.3, 0.4) is 0 Å². The van der Waals surface area contributed by atoms with Gasteiger partial charge in [-0.15, -0.1) is 0 Å². The number of benzene rings is 1. The van der Waals surface area contributed by atoms with E-state index in [1.165, 1.54) is 5.69 Å². The quantitative estimate of drug-likeness (QED) is 0.381. The molecule has 7 heteroatoms. The maximum Gasteiger partial charge on any atom is 0.194 e. The highest BCUT2D eigenvalue weighted by molar-refractivity contribution is 5.80. The zero-order valence-corrected chi connectivity index (χ0v) is 16.9. The number of guanidine groups is 1. The number of methoxy groups -OCH3 is 2. The molecule has 1 saturated heterocycles. The molecule has 152 valence electrons. The Morgan fingerprint density at radius 2 is 1.93 bits per heavy atom. The number of nitrogens with zero attached hydrogens (tertiary/aromatic N) is 3. The number of hydrogen-bond donors (Lipinski definition) is 1. The minimum Gasteiger partial charge on any atom is -0.497 e. The van der Waals surface area contributed by atoms with Gasteiger partial charge < -0.3 is 29.3 Å². The third kappa shape index (κ3) is 7.27. The van der Waals surface area contributed by atoms with Crippen LogP contribution in [0.5, 0.6) is 5.75 Å². The molecule has 1 aliphatic rings. The van der Waals surface area contributed by atoms with Gasteiger partial charge in [0.15, 0.2) is 5.96 Å². The predicted molar refractivity (Wildman–Crippen MR) is 110 cm³/mol. The fraction of sp³-hybridized carbons (Fsp3) is 0.650. The molecular formula is C20H34N4O3. The highest BCUT2D eigenvalue weighted by atomic mass is 16.5. The van der Waals surface area contributed by atoms with Crippen molar-refractivity contribution in [3.8, 4) is 5.75 Å². The summed E-state index contributed by atoms with van der Waals surface area (Å²) in [6.45, 7) is 9.60. The Kier molecular flexibility index (Phi) is 9.79. The molecule has 7 nitrogen and oxygen atoms in total. The summed E-state index contributed by atoms with van der Waals surface area (Å²) in [7, 11) is 3.39. The van der Waals surface area contributed by atoms with Crippen molar-refractivity contribution in [3.05, 3.63) is 24.3 Å². The van der Waals surface area contributed by atoms with Crippen molar-refractivity contribution in [2.45, 2.75) is 13.3 Å². The second-order valence-electron chi connectivity index (χ2n) is 6.37. The minimum atomic E-state index is 0.642. The van der Waals surface area contributed by atoms with Crippen LogP contribution in [-0.4, -0.2) is 84.2 Å². The molecular weight excluding hydrogens is 344 g/mol. The van der Waals surface area contributed by atoms with Crippen molar-refractivity contribution in [3.63, 3.8) is 0 Å². The topological polar surface area (TPSA) is 58.6 Å². The first-order valence-corrected chi connectivity index (χ1v) is 9.77. The standard InChI is InChI=1S/C20H34N4O3/c1-4-21-20(22-9-6-14-27-16-15-25-2)24-12-10-23(11-13-24)18-7-5-8-19(17-18)26-3/h5,7-8,17H,4,6,9-16H2,1-3H3,(H,21,22). The van der Waals surface area contributed by atoms with Crippen LogP contribution in [0.1, 0.15) is 13.3 Å². The van der Waals surface area contributed by atoms with Gasteiger partial charge >= 0.3 is 0 Å². The first-order chi connectivity index (χ1) is 13.3. The molecule has 0 atom stereocenters. The third-order valence-corrected chi connectivity index (χ3v) is 4.47. The smallest absolute Gasteiger partial charge is 0.194 e. The second-order valence-corrected chi connectivity index (χ2v) is 6.37. The molecule has 0 saturated carbocycles. The molecule has 2 rings (SSSR count). The molecule has 1 N–H and O–H groups in total. The molecule has 0 radical (unpaired) electrons. The van der Waals surface area contributed by atoms with E-state index < -0.39 is 0 Å². The van der Waals surface area contributed by atoms with Gasteiger partial charge in [-0.3, -0.25) is 4.99 Å². The van der Waals surface area contributed by atoms with Gasteiger partial charge in [-0.2, -0.15) is 0 Å². The van der Waals surface area contributed by atoms with Crippen molar-refractivity contribution in [1.82, 2.24) is 10.2 Å². The van der Waals surface area contributed by atoms with Crippen molar-refractivity contribution < 1.29 is 14.2 Å². The fourth-order valence-electron chi connectivity index (χ4n) is 3.01. The summed E-state index contributed by atoms with van der Waals surface area (Å²) in [4.78, 5) is 9.50. The van der Waals surface area contributed by atoms with Gasteiger partial charge in [-0.1, -0.05) is 6.07 Å². The highest BCUT2D eigenvalue weighted by Crippen LogP contribution is 2.22. The number of hydrogen-bond acceptors (Lipinski definition) is 5. The molecule has 1 heterocycles. The Morgan fingerprint density at radius 1 is 1.11 bits per heavy atom. The largest absolute Gasteiger partial charge is 0.497 e. The van der Waals surface area contributed by atoms with Gasteiger partial charge in [0.25, 0.3) is 0 Å². The third-order valence-electron chi connectivity index (χ3n) is 4.47. The van der Waals surface area contributed by atoms with E-state index in [1.807, 2.05) is 12.1 Å². The Morgan fingerprint density at radius 3 is 2.63 bits per heavy atom. The molecule has 1 aromatic rings. The van der Waals surface area contributed by atoms with Crippen molar-refractivity contribution in [2.24, 2.45) is 4.99 Å². The van der Waals surface area contributed by atoms with Gasteiger partial charge in [0.1, 0.15) is 5.75 Å². The van der Waals surface area contributed by atoms with Crippen molar-refractivity contribution in [2.75, 3.05) is 78.2 Å². The Hall–Kier alpha value is -1.99. The van der Waals surface area contributed by atoms with Crippen LogP contribution in [0, 0.1) is 0 Å². The average Bonchev–Trinajstić information content (AvgIpc) is 2.72. The highest BCUT2D eigenvalue weighted by Gasteiger charge is 2.20. The maximum atomic E-state index is 5.50. The Labute approximate surface area is 163 Å². The number of anilines is 1. The maximum absolute atomic E-state index is 5.50. The normalized spacial score (nSPS) is 15.1. The van der Waals surface area contributed by atoms with Crippen molar-refractivity contribution >= 4 is 11.6 Å². The first kappa shape index (κ1) is 21.3. The molecule has 0 unspecified atom stereocenters. The van der Waals surface area contributed by atoms with Gasteiger partial charge in [-0.25, -0.2) is 0 Å². The van der Waals surface area contributed by atoms with Crippen LogP contribution in [-0.2, 0) is 9.47 Å². The van der Waals surface area contributed by atoms with Crippen LogP contribution in [0.25, 0.3) is 0 Å². The van der Waals surface area contributed by atoms with Gasteiger partial charge in [-0.05, 0) is 25.5 Å². The average molecular weight is 379 g/mol. The first-order valence-electron chi connectivity index (χ1n) is 9.77. The number of aliphatic imine (C=N–C) groups is 1. The molecule has 27 heavy (non-hydrogen) atoms. The Bertz CT molecular complexity index is 560. The zero-order valence-electron chi connectivity index (χ0n) is 16.9. The molecule has 1 fully saturated rings. The van der Waals surface area contributed by atoms with E-state index in [1.54, 1.807) is 14.2 Å². The molecule has 0 bridgehead atoms. The minimum absolute atomic E-state index is 0.642. The molecule has 0 amide bonds. The number of piperazine rings is 1. The van der Waals surface area contributed by atoms with Crippen LogP contribution in [0.4, 0.5) is 5.69 Å². The van der Waals surface area contributed by atoms with Crippen LogP contribution in [0.15, 0.2) is 29.3 Å². The summed E-state index contributed by atoms with van der Waals surface area (Å²) in [6, 6.07) is 8.26. The summed E-state index contributed by atoms with van der Waals surface area (Å²) in [6.07, 6.45) is 0.919. The summed E-state index contributed by atoms with van der Waals surface area (Å²) in [5.74, 6) is 1.90. The van der Waals surface area contributed by atoms with Crippen LogP contribution in [0.2, 0.25) is 0 Å². The summed E-state index contributed by atoms with van der Waals surface area (Å²) in [5.41, 5.74) is 1.21. The van der Waals surface area contributed by atoms with Gasteiger partial charge in [0, 0.05) is 64.7 Å². The van der Waals surface area contributed by atoms with Gasteiger partial charge in [0.05, 0.1) is 20.3 Å². The van der Waals surface area contributed by atoms with E-state index in [4.69, 9.17) is 19.2 Å². The fourth-order valence-corrected chi connectivity index (χ4v) is 3.01.